The van der Waals surface area contributed by atoms with Crippen molar-refractivity contribution in [1.82, 2.24) is 24.8 Å². The zero-order chi connectivity index (χ0) is 18.1. The number of nitrogens with zero attached hydrogens (tertiary/aromatic N) is 3. The van der Waals surface area contributed by atoms with Crippen LogP contribution in [0.5, 0.6) is 5.75 Å². The molecule has 0 radical (unpaired) electrons. The number of imidazole rings is 2. The number of ether oxygens (including phenoxy) is 1. The topological polar surface area (TPSA) is 67.8 Å². The van der Waals surface area contributed by atoms with E-state index in [0.717, 1.165) is 30.2 Å². The van der Waals surface area contributed by atoms with Gasteiger partial charge in [-0.25, -0.2) is 9.97 Å². The van der Waals surface area contributed by atoms with Crippen molar-refractivity contribution < 1.29 is 4.74 Å². The van der Waals surface area contributed by atoms with Gasteiger partial charge < -0.3 is 19.6 Å². The predicted octanol–water partition coefficient (Wildman–Crippen LogP) is 3.54. The highest BCUT2D eigenvalue weighted by Crippen LogP contribution is 2.32. The third-order valence-corrected chi connectivity index (χ3v) is 5.84. The number of hydrogen-bond donors (Lipinski definition) is 2. The molecule has 1 unspecified atom stereocenters. The lowest BCUT2D eigenvalue weighted by Crippen LogP contribution is -2.28. The molecular weight excluding hydrogens is 338 g/mol. The first kappa shape index (κ1) is 16.6. The second-order valence-electron chi connectivity index (χ2n) is 7.54. The minimum atomic E-state index is 0.257. The van der Waals surface area contributed by atoms with Crippen molar-refractivity contribution in [3.05, 3.63) is 65.8 Å². The maximum atomic E-state index is 6.14. The van der Waals surface area contributed by atoms with Crippen molar-refractivity contribution >= 4 is 0 Å². The molecule has 0 saturated heterocycles. The average molecular weight is 363 g/mol. The Morgan fingerprint density at radius 1 is 1.22 bits per heavy atom. The van der Waals surface area contributed by atoms with Gasteiger partial charge in [0.2, 0.25) is 0 Å². The molecule has 1 atom stereocenters. The highest BCUT2D eigenvalue weighted by Gasteiger charge is 2.24. The molecule has 140 valence electrons. The zero-order valence-corrected chi connectivity index (χ0v) is 15.4. The molecular formula is C21H25N5O. The van der Waals surface area contributed by atoms with Crippen LogP contribution < -0.4 is 10.1 Å². The maximum absolute atomic E-state index is 6.14. The van der Waals surface area contributed by atoms with Crippen molar-refractivity contribution in [2.45, 2.75) is 50.8 Å². The van der Waals surface area contributed by atoms with E-state index in [2.05, 4.69) is 43.0 Å². The summed E-state index contributed by atoms with van der Waals surface area (Å²) in [6.07, 6.45) is 10.8. The average Bonchev–Trinajstić information content (AvgIpc) is 3.47. The highest BCUT2D eigenvalue weighted by molar-refractivity contribution is 5.38. The van der Waals surface area contributed by atoms with Gasteiger partial charge in [-0.05, 0) is 30.5 Å². The third kappa shape index (κ3) is 3.25. The van der Waals surface area contributed by atoms with Crippen molar-refractivity contribution in [1.29, 1.82) is 0 Å². The minimum Gasteiger partial charge on any atom is -0.487 e. The van der Waals surface area contributed by atoms with E-state index in [9.17, 15) is 0 Å². The SMILES string of the molecule is c1cc(OCc2cncn2C2CCCC2)cc(C2CNCc3[nH]cnc32)c1. The molecule has 3 heterocycles. The molecule has 1 aromatic carbocycles. The lowest BCUT2D eigenvalue weighted by Gasteiger charge is -2.23. The molecule has 6 heteroatoms. The van der Waals surface area contributed by atoms with E-state index in [1.54, 1.807) is 6.33 Å². The fourth-order valence-corrected chi connectivity index (χ4v) is 4.42. The van der Waals surface area contributed by atoms with Gasteiger partial charge in [-0.1, -0.05) is 25.0 Å². The van der Waals surface area contributed by atoms with Crippen molar-refractivity contribution in [2.24, 2.45) is 0 Å². The van der Waals surface area contributed by atoms with E-state index in [0.29, 0.717) is 12.6 Å². The van der Waals surface area contributed by atoms with Gasteiger partial charge in [-0.2, -0.15) is 0 Å². The molecule has 1 fully saturated rings. The molecule has 1 saturated carbocycles. The van der Waals surface area contributed by atoms with Gasteiger partial charge in [0.25, 0.3) is 0 Å². The van der Waals surface area contributed by atoms with Gasteiger partial charge in [0.15, 0.2) is 0 Å². The van der Waals surface area contributed by atoms with Crippen LogP contribution in [0.1, 0.15) is 60.3 Å². The molecule has 3 aromatic rings. The van der Waals surface area contributed by atoms with E-state index in [1.807, 2.05) is 18.6 Å². The van der Waals surface area contributed by atoms with Crippen LogP contribution in [0, 0.1) is 0 Å². The Bertz CT molecular complexity index is 909. The predicted molar refractivity (Wildman–Crippen MR) is 103 cm³/mol. The Morgan fingerprint density at radius 2 is 2.15 bits per heavy atom. The molecule has 2 aliphatic rings. The van der Waals surface area contributed by atoms with Crippen LogP contribution in [0.3, 0.4) is 0 Å². The Morgan fingerprint density at radius 3 is 3.07 bits per heavy atom. The minimum absolute atomic E-state index is 0.257. The van der Waals surface area contributed by atoms with Crippen LogP contribution in [0.15, 0.2) is 43.1 Å². The first-order chi connectivity index (χ1) is 13.4. The van der Waals surface area contributed by atoms with Gasteiger partial charge in [0, 0.05) is 25.0 Å². The molecule has 1 aliphatic carbocycles. The van der Waals surface area contributed by atoms with Gasteiger partial charge in [0.05, 0.1) is 35.9 Å². The Balaban J connectivity index is 1.32. The number of H-pyrrole nitrogens is 1. The summed E-state index contributed by atoms with van der Waals surface area (Å²) in [6, 6.07) is 8.99. The van der Waals surface area contributed by atoms with Crippen LogP contribution in [-0.4, -0.2) is 26.1 Å². The van der Waals surface area contributed by atoms with Crippen LogP contribution in [0.2, 0.25) is 0 Å². The third-order valence-electron chi connectivity index (χ3n) is 5.84. The molecule has 6 nitrogen and oxygen atoms in total. The van der Waals surface area contributed by atoms with Crippen molar-refractivity contribution in [3.8, 4) is 5.75 Å². The molecule has 0 amide bonds. The molecule has 0 spiro atoms. The van der Waals surface area contributed by atoms with E-state index < -0.39 is 0 Å². The smallest absolute Gasteiger partial charge is 0.130 e. The number of aromatic amines is 1. The molecule has 1 aliphatic heterocycles. The normalized spacial score (nSPS) is 19.9. The second kappa shape index (κ2) is 7.19. The fraction of sp³-hybridized carbons (Fsp3) is 0.429. The summed E-state index contributed by atoms with van der Waals surface area (Å²) >= 11 is 0. The molecule has 5 rings (SSSR count). The fourth-order valence-electron chi connectivity index (χ4n) is 4.42. The largest absolute Gasteiger partial charge is 0.487 e. The van der Waals surface area contributed by atoms with Crippen molar-refractivity contribution in [3.63, 3.8) is 0 Å². The molecule has 2 N–H and O–H groups in total. The summed E-state index contributed by atoms with van der Waals surface area (Å²) in [4.78, 5) is 12.1. The molecule has 0 bridgehead atoms. The first-order valence-corrected chi connectivity index (χ1v) is 9.85. The number of hydrogen-bond acceptors (Lipinski definition) is 4. The maximum Gasteiger partial charge on any atom is 0.130 e. The van der Waals surface area contributed by atoms with Crippen LogP contribution in [-0.2, 0) is 13.2 Å². The number of rotatable bonds is 5. The summed E-state index contributed by atoms with van der Waals surface area (Å²) < 4.78 is 8.45. The number of fused-ring (bicyclic) bond motifs is 1. The van der Waals surface area contributed by atoms with E-state index in [-0.39, 0.29) is 5.92 Å². The first-order valence-electron chi connectivity index (χ1n) is 9.85. The lowest BCUT2D eigenvalue weighted by atomic mass is 9.92. The van der Waals surface area contributed by atoms with Gasteiger partial charge in [0.1, 0.15) is 12.4 Å². The van der Waals surface area contributed by atoms with E-state index in [4.69, 9.17) is 4.74 Å². The number of benzene rings is 1. The van der Waals surface area contributed by atoms with Crippen molar-refractivity contribution in [2.75, 3.05) is 6.54 Å². The summed E-state index contributed by atoms with van der Waals surface area (Å²) in [5.41, 5.74) is 4.71. The summed E-state index contributed by atoms with van der Waals surface area (Å²) in [6.45, 7) is 2.31. The van der Waals surface area contributed by atoms with E-state index in [1.165, 1.54) is 36.9 Å². The summed E-state index contributed by atoms with van der Waals surface area (Å²) in [5, 5.41) is 3.46. The van der Waals surface area contributed by atoms with Gasteiger partial charge >= 0.3 is 0 Å². The molecule has 27 heavy (non-hydrogen) atoms. The highest BCUT2D eigenvalue weighted by atomic mass is 16.5. The Labute approximate surface area is 159 Å². The van der Waals surface area contributed by atoms with Crippen LogP contribution in [0.4, 0.5) is 0 Å². The standard InChI is InChI=1S/C21H25N5O/c1-2-6-16(5-1)26-14-23-9-17(26)12-27-18-7-3-4-15(8-18)19-10-22-11-20-21(19)25-13-24-20/h3-4,7-9,13-14,16,19,22H,1-2,5-6,10-12H2,(H,24,25). The Kier molecular flexibility index (Phi) is 4.41. The monoisotopic (exact) mass is 363 g/mol. The lowest BCUT2D eigenvalue weighted by molar-refractivity contribution is 0.289. The Hall–Kier alpha value is -2.60. The quantitative estimate of drug-likeness (QED) is 0.728. The van der Waals surface area contributed by atoms with Gasteiger partial charge in [-0.15, -0.1) is 0 Å². The number of nitrogens with one attached hydrogen (secondary N) is 2. The molecule has 2 aromatic heterocycles. The zero-order valence-electron chi connectivity index (χ0n) is 15.4. The summed E-state index contributed by atoms with van der Waals surface area (Å²) in [7, 11) is 0. The van der Waals surface area contributed by atoms with Crippen LogP contribution in [0.25, 0.3) is 0 Å². The summed E-state index contributed by atoms with van der Waals surface area (Å²) in [5.74, 6) is 1.15. The number of aromatic nitrogens is 4. The van der Waals surface area contributed by atoms with Crippen LogP contribution >= 0.6 is 0 Å². The van der Waals surface area contributed by atoms with E-state index >= 15 is 0 Å². The second-order valence-corrected chi connectivity index (χ2v) is 7.54. The van der Waals surface area contributed by atoms with Gasteiger partial charge in [-0.3, -0.25) is 0 Å².